The number of carboxylic acid groups (broad SMARTS) is 1. The molecule has 0 bridgehead atoms. The maximum absolute atomic E-state index is 10.6. The summed E-state index contributed by atoms with van der Waals surface area (Å²) in [5.41, 5.74) is 1.25. The van der Waals surface area contributed by atoms with Gasteiger partial charge in [-0.25, -0.2) is 0 Å². The first-order valence-corrected chi connectivity index (χ1v) is 12.1. The first-order valence-electron chi connectivity index (χ1n) is 10.5. The number of allylic oxidation sites excluding steroid dienone is 2. The lowest BCUT2D eigenvalue weighted by molar-refractivity contribution is -0.137. The van der Waals surface area contributed by atoms with E-state index in [0.29, 0.717) is 25.7 Å². The van der Waals surface area contributed by atoms with Crippen molar-refractivity contribution in [1.29, 1.82) is 0 Å². The minimum atomic E-state index is -0.780. The summed E-state index contributed by atoms with van der Waals surface area (Å²) in [7, 11) is 1.70. The maximum Gasteiger partial charge on any atom is 0.303 e. The topological polar surface area (TPSA) is 87.0 Å². The Morgan fingerprint density at radius 1 is 1.37 bits per heavy atom. The van der Waals surface area contributed by atoms with Crippen molar-refractivity contribution in [3.8, 4) is 0 Å². The second-order valence-corrected chi connectivity index (χ2v) is 10.4. The summed E-state index contributed by atoms with van der Waals surface area (Å²) in [5.74, 6) is -0.933. The number of aliphatic hydroxyl groups excluding tert-OH is 2. The van der Waals surface area contributed by atoms with E-state index in [1.54, 1.807) is 18.4 Å². The number of thiophene rings is 1. The molecule has 1 aromatic heterocycles. The van der Waals surface area contributed by atoms with Crippen molar-refractivity contribution in [1.82, 2.24) is 0 Å². The first-order chi connectivity index (χ1) is 14.3. The predicted octanol–water partition coefficient (Wildman–Crippen LogP) is 4.88. The number of aryl methyl sites for hydroxylation is 2. The van der Waals surface area contributed by atoms with Crippen molar-refractivity contribution >= 4 is 33.2 Å². The molecule has 1 aliphatic carbocycles. The molecule has 1 aliphatic rings. The highest BCUT2D eigenvalue weighted by Crippen LogP contribution is 2.36. The van der Waals surface area contributed by atoms with Gasteiger partial charge in [0, 0.05) is 30.7 Å². The molecule has 1 fully saturated rings. The quantitative estimate of drug-likeness (QED) is 0.281. The van der Waals surface area contributed by atoms with Gasteiger partial charge in [-0.05, 0) is 72.5 Å². The smallest absolute Gasteiger partial charge is 0.303 e. The minimum absolute atomic E-state index is 0.0386. The largest absolute Gasteiger partial charge is 0.481 e. The number of rotatable bonds is 12. The Kier molecular flexibility index (Phi) is 10.8. The number of carboxylic acids is 1. The van der Waals surface area contributed by atoms with E-state index in [4.69, 9.17) is 9.84 Å². The number of ether oxygens (including phenoxy) is 1. The van der Waals surface area contributed by atoms with Gasteiger partial charge in [0.1, 0.15) is 0 Å². The Morgan fingerprint density at radius 2 is 2.13 bits per heavy atom. The van der Waals surface area contributed by atoms with Gasteiger partial charge in [-0.2, -0.15) is 0 Å². The molecule has 0 saturated heterocycles. The molecule has 7 heteroatoms. The van der Waals surface area contributed by atoms with Gasteiger partial charge in [-0.3, -0.25) is 4.79 Å². The highest BCUT2D eigenvalue weighted by molar-refractivity contribution is 9.11. The van der Waals surface area contributed by atoms with Crippen LogP contribution in [0.5, 0.6) is 0 Å². The highest BCUT2D eigenvalue weighted by Gasteiger charge is 2.39. The second-order valence-electron chi connectivity index (χ2n) is 7.97. The summed E-state index contributed by atoms with van der Waals surface area (Å²) in [4.78, 5) is 11.9. The molecule has 2 rings (SSSR count). The molecule has 0 aliphatic heterocycles. The van der Waals surface area contributed by atoms with Gasteiger partial charge in [-0.15, -0.1) is 11.3 Å². The molecule has 1 aromatic rings. The number of aliphatic hydroxyl groups is 2. The van der Waals surface area contributed by atoms with Gasteiger partial charge in [0.25, 0.3) is 0 Å². The summed E-state index contributed by atoms with van der Waals surface area (Å²) in [6.07, 6.45) is 11.2. The molecule has 1 saturated carbocycles. The number of halogens is 1. The van der Waals surface area contributed by atoms with Crippen LogP contribution in [-0.2, 0) is 16.0 Å². The van der Waals surface area contributed by atoms with E-state index in [2.05, 4.69) is 28.9 Å². The third-order valence-corrected chi connectivity index (χ3v) is 7.88. The van der Waals surface area contributed by atoms with Crippen LogP contribution < -0.4 is 0 Å². The van der Waals surface area contributed by atoms with E-state index in [1.807, 2.05) is 24.3 Å². The molecule has 3 N–H and O–H groups in total. The number of methoxy groups -OCH3 is 1. The van der Waals surface area contributed by atoms with Gasteiger partial charge in [-0.1, -0.05) is 24.3 Å². The van der Waals surface area contributed by atoms with Crippen molar-refractivity contribution in [3.05, 3.63) is 44.6 Å². The van der Waals surface area contributed by atoms with E-state index in [-0.39, 0.29) is 24.4 Å². The second kappa shape index (κ2) is 12.8. The van der Waals surface area contributed by atoms with Crippen LogP contribution in [0.3, 0.4) is 0 Å². The van der Waals surface area contributed by atoms with Gasteiger partial charge in [0.2, 0.25) is 0 Å². The number of unbranched alkanes of at least 4 members (excludes halogenated alkanes) is 1. The number of hydrogen-bond acceptors (Lipinski definition) is 5. The lowest BCUT2D eigenvalue weighted by atomic mass is 9.89. The van der Waals surface area contributed by atoms with Crippen LogP contribution in [0, 0.1) is 18.8 Å². The molecular weight excluding hydrogens is 468 g/mol. The summed E-state index contributed by atoms with van der Waals surface area (Å²) >= 11 is 5.32. The zero-order chi connectivity index (χ0) is 22.1. The zero-order valence-electron chi connectivity index (χ0n) is 17.7. The van der Waals surface area contributed by atoms with Gasteiger partial charge in [0.15, 0.2) is 0 Å². The van der Waals surface area contributed by atoms with Crippen LogP contribution in [0.25, 0.3) is 0 Å². The normalized spacial score (nSPS) is 25.5. The predicted molar refractivity (Wildman–Crippen MR) is 124 cm³/mol. The van der Waals surface area contributed by atoms with E-state index in [9.17, 15) is 15.0 Å². The fourth-order valence-corrected chi connectivity index (χ4v) is 5.57. The molecule has 0 amide bonds. The summed E-state index contributed by atoms with van der Waals surface area (Å²) < 4.78 is 6.78. The van der Waals surface area contributed by atoms with Crippen LogP contribution in [0.15, 0.2) is 34.2 Å². The molecule has 0 aromatic carbocycles. The van der Waals surface area contributed by atoms with Crippen LogP contribution >= 0.6 is 27.3 Å². The van der Waals surface area contributed by atoms with Gasteiger partial charge < -0.3 is 20.1 Å². The van der Waals surface area contributed by atoms with Gasteiger partial charge in [0.05, 0.1) is 22.1 Å². The standard InChI is InChI=1S/C23H33BrO5S/c1-15-13-17(30-23(15)24)11-9-16(29-2)10-12-19-18(20(25)14-21(19)26)7-5-3-4-6-8-22(27)28/h3,5,10,12-13,16,18-21,25-26H,4,6-9,11,14H2,1-2H3,(H,27,28)/t16?,18-,19-,20?,21?/m1/s1. The van der Waals surface area contributed by atoms with Crippen molar-refractivity contribution in [3.63, 3.8) is 0 Å². The zero-order valence-corrected chi connectivity index (χ0v) is 20.1. The highest BCUT2D eigenvalue weighted by atomic mass is 79.9. The summed E-state index contributed by atoms with van der Waals surface area (Å²) in [5, 5.41) is 29.5. The Hall–Kier alpha value is -0.990. The van der Waals surface area contributed by atoms with Crippen LogP contribution in [0.2, 0.25) is 0 Å². The molecule has 30 heavy (non-hydrogen) atoms. The maximum atomic E-state index is 10.6. The van der Waals surface area contributed by atoms with E-state index in [1.165, 1.54) is 14.2 Å². The fourth-order valence-electron chi connectivity index (χ4n) is 3.92. The molecule has 3 unspecified atom stereocenters. The minimum Gasteiger partial charge on any atom is -0.481 e. The van der Waals surface area contributed by atoms with Crippen molar-refractivity contribution in [2.24, 2.45) is 11.8 Å². The van der Waals surface area contributed by atoms with Crippen molar-refractivity contribution in [2.45, 2.75) is 70.2 Å². The average Bonchev–Trinajstić information content (AvgIpc) is 3.15. The first kappa shape index (κ1) is 25.3. The Labute approximate surface area is 191 Å². The van der Waals surface area contributed by atoms with Crippen LogP contribution in [-0.4, -0.2) is 46.7 Å². The third-order valence-electron chi connectivity index (χ3n) is 5.69. The van der Waals surface area contributed by atoms with E-state index >= 15 is 0 Å². The third kappa shape index (κ3) is 7.93. The van der Waals surface area contributed by atoms with Crippen LogP contribution in [0.4, 0.5) is 0 Å². The van der Waals surface area contributed by atoms with E-state index < -0.39 is 18.2 Å². The molecule has 1 heterocycles. The molecule has 0 spiro atoms. The average molecular weight is 501 g/mol. The monoisotopic (exact) mass is 500 g/mol. The number of hydrogen-bond donors (Lipinski definition) is 3. The SMILES string of the molecule is COC(C=C[C@H]1C(O)CC(O)[C@@H]1CC=CCCCC(=O)O)CCc1cc(C)c(Br)s1. The molecule has 0 radical (unpaired) electrons. The molecule has 5 atom stereocenters. The Bertz CT molecular complexity index is 710. The molecular formula is C23H33BrO5S. The fraction of sp³-hybridized carbons (Fsp3) is 0.609. The Morgan fingerprint density at radius 3 is 2.77 bits per heavy atom. The summed E-state index contributed by atoms with van der Waals surface area (Å²) in [6, 6.07) is 2.20. The van der Waals surface area contributed by atoms with E-state index in [0.717, 1.165) is 12.8 Å². The number of carbonyl (C=O) groups is 1. The lowest BCUT2D eigenvalue weighted by Gasteiger charge is -2.20. The Balaban J connectivity index is 1.88. The lowest BCUT2D eigenvalue weighted by Crippen LogP contribution is -2.20. The molecule has 168 valence electrons. The number of aliphatic carboxylic acids is 1. The molecule has 5 nitrogen and oxygen atoms in total. The van der Waals surface area contributed by atoms with Gasteiger partial charge >= 0.3 is 5.97 Å². The van der Waals surface area contributed by atoms with Crippen molar-refractivity contribution in [2.75, 3.05) is 7.11 Å². The van der Waals surface area contributed by atoms with Crippen LogP contribution in [0.1, 0.15) is 49.0 Å². The summed E-state index contributed by atoms with van der Waals surface area (Å²) in [6.45, 7) is 2.09. The van der Waals surface area contributed by atoms with Crippen molar-refractivity contribution < 1.29 is 24.9 Å².